The minimum absolute atomic E-state index is 0.281. The third-order valence-electron chi connectivity index (χ3n) is 5.47. The fourth-order valence-electron chi connectivity index (χ4n) is 4.07. The summed E-state index contributed by atoms with van der Waals surface area (Å²) in [5.74, 6) is 4.81. The summed E-state index contributed by atoms with van der Waals surface area (Å²) in [6, 6.07) is 4.02. The molecular weight excluding hydrogens is 370 g/mol. The SMILES string of the molecule is COc1cc2c(cc1CN1CCCC(c3nc(CC(C)C)no3)C1)OCCCO2. The van der Waals surface area contributed by atoms with Crippen LogP contribution in [-0.2, 0) is 13.0 Å². The molecule has 0 radical (unpaired) electrons. The molecule has 0 N–H and O–H groups in total. The maximum atomic E-state index is 5.87. The first kappa shape index (κ1) is 20.0. The van der Waals surface area contributed by atoms with Gasteiger partial charge in [0.15, 0.2) is 17.3 Å². The smallest absolute Gasteiger partial charge is 0.231 e. The molecule has 29 heavy (non-hydrogen) atoms. The van der Waals surface area contributed by atoms with Gasteiger partial charge >= 0.3 is 0 Å². The summed E-state index contributed by atoms with van der Waals surface area (Å²) in [7, 11) is 1.70. The molecular formula is C22H31N3O4. The fraction of sp³-hybridized carbons (Fsp3) is 0.636. The molecule has 0 bridgehead atoms. The average Bonchev–Trinajstić information content (AvgIpc) is 3.04. The van der Waals surface area contributed by atoms with Crippen LogP contribution in [0.2, 0.25) is 0 Å². The fourth-order valence-corrected chi connectivity index (χ4v) is 4.07. The van der Waals surface area contributed by atoms with E-state index in [0.29, 0.717) is 19.1 Å². The van der Waals surface area contributed by atoms with Crippen LogP contribution >= 0.6 is 0 Å². The zero-order chi connectivity index (χ0) is 20.2. The molecule has 1 unspecified atom stereocenters. The van der Waals surface area contributed by atoms with Gasteiger partial charge in [0.25, 0.3) is 0 Å². The summed E-state index contributed by atoms with van der Waals surface area (Å²) < 4.78 is 22.9. The molecule has 1 aromatic heterocycles. The molecule has 158 valence electrons. The summed E-state index contributed by atoms with van der Waals surface area (Å²) in [6.45, 7) is 8.43. The highest BCUT2D eigenvalue weighted by Crippen LogP contribution is 2.37. The van der Waals surface area contributed by atoms with Gasteiger partial charge in [0.1, 0.15) is 5.75 Å². The van der Waals surface area contributed by atoms with Crippen LogP contribution in [0.15, 0.2) is 16.7 Å². The van der Waals surface area contributed by atoms with Crippen LogP contribution in [0.4, 0.5) is 0 Å². The Labute approximate surface area is 172 Å². The van der Waals surface area contributed by atoms with Crippen LogP contribution in [0, 0.1) is 5.92 Å². The van der Waals surface area contributed by atoms with Crippen molar-refractivity contribution in [2.24, 2.45) is 5.92 Å². The lowest BCUT2D eigenvalue weighted by Crippen LogP contribution is -2.34. The highest BCUT2D eigenvalue weighted by molar-refractivity contribution is 5.51. The van der Waals surface area contributed by atoms with Crippen molar-refractivity contribution >= 4 is 0 Å². The Bertz CT molecular complexity index is 820. The predicted octanol–water partition coefficient (Wildman–Crippen LogP) is 3.82. The number of likely N-dealkylation sites (tertiary alicyclic amines) is 1. The Balaban J connectivity index is 1.46. The number of piperidine rings is 1. The molecule has 0 saturated carbocycles. The lowest BCUT2D eigenvalue weighted by Gasteiger charge is -2.31. The number of hydrogen-bond donors (Lipinski definition) is 0. The summed E-state index contributed by atoms with van der Waals surface area (Å²) in [6.07, 6.45) is 3.94. The van der Waals surface area contributed by atoms with E-state index in [-0.39, 0.29) is 5.92 Å². The van der Waals surface area contributed by atoms with Crippen molar-refractivity contribution in [3.05, 3.63) is 29.4 Å². The van der Waals surface area contributed by atoms with Gasteiger partial charge < -0.3 is 18.7 Å². The molecule has 3 heterocycles. The van der Waals surface area contributed by atoms with Crippen molar-refractivity contribution in [3.63, 3.8) is 0 Å². The van der Waals surface area contributed by atoms with Gasteiger partial charge in [-0.25, -0.2) is 0 Å². The molecule has 0 aliphatic carbocycles. The summed E-state index contributed by atoms with van der Waals surface area (Å²) in [4.78, 5) is 7.08. The molecule has 7 nitrogen and oxygen atoms in total. The number of hydrogen-bond acceptors (Lipinski definition) is 7. The number of benzene rings is 1. The molecule has 0 amide bonds. The van der Waals surface area contributed by atoms with E-state index in [0.717, 1.165) is 79.8 Å². The second-order valence-electron chi connectivity index (χ2n) is 8.38. The van der Waals surface area contributed by atoms with Crippen molar-refractivity contribution in [3.8, 4) is 17.2 Å². The Morgan fingerprint density at radius 1 is 1.17 bits per heavy atom. The first-order valence-corrected chi connectivity index (χ1v) is 10.6. The highest BCUT2D eigenvalue weighted by atomic mass is 16.5. The molecule has 7 heteroatoms. The number of nitrogens with zero attached hydrogens (tertiary/aromatic N) is 3. The molecule has 2 aliphatic heterocycles. The third-order valence-corrected chi connectivity index (χ3v) is 5.47. The third kappa shape index (κ3) is 4.83. The van der Waals surface area contributed by atoms with E-state index >= 15 is 0 Å². The molecule has 2 aliphatic rings. The molecule has 4 rings (SSSR count). The standard InChI is InChI=1S/C22H31N3O4/c1-15(2)10-21-23-22(29-24-21)16-6-4-7-25(13-16)14-17-11-19-20(12-18(17)26-3)28-9-5-8-27-19/h11-12,15-16H,4-10,13-14H2,1-3H3. The molecule has 1 aromatic carbocycles. The van der Waals surface area contributed by atoms with Crippen molar-refractivity contribution in [1.29, 1.82) is 0 Å². The van der Waals surface area contributed by atoms with Crippen molar-refractivity contribution in [2.45, 2.75) is 52.0 Å². The monoisotopic (exact) mass is 401 g/mol. The van der Waals surface area contributed by atoms with E-state index in [1.165, 1.54) is 0 Å². The Kier molecular flexibility index (Phi) is 6.23. The van der Waals surface area contributed by atoms with Gasteiger partial charge in [0.2, 0.25) is 5.89 Å². The van der Waals surface area contributed by atoms with Crippen molar-refractivity contribution in [1.82, 2.24) is 15.0 Å². The molecule has 1 atom stereocenters. The number of ether oxygens (including phenoxy) is 3. The van der Waals surface area contributed by atoms with Crippen LogP contribution in [0.5, 0.6) is 17.2 Å². The van der Waals surface area contributed by atoms with Gasteiger partial charge in [-0.2, -0.15) is 4.98 Å². The zero-order valence-electron chi connectivity index (χ0n) is 17.6. The maximum absolute atomic E-state index is 5.87. The number of fused-ring (bicyclic) bond motifs is 1. The van der Waals surface area contributed by atoms with Gasteiger partial charge in [-0.1, -0.05) is 19.0 Å². The second-order valence-corrected chi connectivity index (χ2v) is 8.38. The van der Waals surface area contributed by atoms with E-state index < -0.39 is 0 Å². The van der Waals surface area contributed by atoms with Crippen LogP contribution in [0.25, 0.3) is 0 Å². The highest BCUT2D eigenvalue weighted by Gasteiger charge is 2.27. The Hall–Kier alpha value is -2.28. The van der Waals surface area contributed by atoms with Crippen LogP contribution in [0.3, 0.4) is 0 Å². The van der Waals surface area contributed by atoms with Crippen LogP contribution in [-0.4, -0.2) is 48.5 Å². The maximum Gasteiger partial charge on any atom is 0.231 e. The normalized spacial score (nSPS) is 19.9. The van der Waals surface area contributed by atoms with Gasteiger partial charge in [-0.3, -0.25) is 4.90 Å². The van der Waals surface area contributed by atoms with E-state index in [4.69, 9.17) is 18.7 Å². The lowest BCUT2D eigenvalue weighted by molar-refractivity contribution is 0.178. The van der Waals surface area contributed by atoms with Gasteiger partial charge in [-0.15, -0.1) is 0 Å². The van der Waals surface area contributed by atoms with Gasteiger partial charge in [0, 0.05) is 37.6 Å². The quantitative estimate of drug-likeness (QED) is 0.729. The molecule has 1 saturated heterocycles. The minimum atomic E-state index is 0.281. The van der Waals surface area contributed by atoms with Crippen LogP contribution in [0.1, 0.15) is 56.3 Å². The van der Waals surface area contributed by atoms with Crippen LogP contribution < -0.4 is 14.2 Å². The summed E-state index contributed by atoms with van der Waals surface area (Å²) in [5, 5.41) is 4.17. The Morgan fingerprint density at radius 2 is 1.97 bits per heavy atom. The van der Waals surface area contributed by atoms with Gasteiger partial charge in [-0.05, 0) is 31.4 Å². The first-order chi connectivity index (χ1) is 14.1. The molecule has 1 fully saturated rings. The summed E-state index contributed by atoms with van der Waals surface area (Å²) >= 11 is 0. The molecule has 2 aromatic rings. The minimum Gasteiger partial charge on any atom is -0.496 e. The zero-order valence-corrected chi connectivity index (χ0v) is 17.6. The predicted molar refractivity (Wildman–Crippen MR) is 109 cm³/mol. The van der Waals surface area contributed by atoms with E-state index in [9.17, 15) is 0 Å². The van der Waals surface area contributed by atoms with Crippen molar-refractivity contribution < 1.29 is 18.7 Å². The Morgan fingerprint density at radius 3 is 2.72 bits per heavy atom. The number of rotatable bonds is 6. The van der Waals surface area contributed by atoms with Gasteiger partial charge in [0.05, 0.1) is 26.2 Å². The number of methoxy groups -OCH3 is 1. The average molecular weight is 402 g/mol. The molecule has 0 spiro atoms. The van der Waals surface area contributed by atoms with Crippen molar-refractivity contribution in [2.75, 3.05) is 33.4 Å². The second kappa shape index (κ2) is 9.03. The topological polar surface area (TPSA) is 69.9 Å². The van der Waals surface area contributed by atoms with E-state index in [1.54, 1.807) is 7.11 Å². The van der Waals surface area contributed by atoms with E-state index in [2.05, 4.69) is 35.0 Å². The number of aromatic nitrogens is 2. The first-order valence-electron chi connectivity index (χ1n) is 10.6. The van der Waals surface area contributed by atoms with E-state index in [1.807, 2.05) is 6.07 Å². The lowest BCUT2D eigenvalue weighted by atomic mass is 9.97. The summed E-state index contributed by atoms with van der Waals surface area (Å²) in [5.41, 5.74) is 1.11. The largest absolute Gasteiger partial charge is 0.496 e.